The minimum Gasteiger partial charge on any atom is -0.307 e. The lowest BCUT2D eigenvalue weighted by Gasteiger charge is -2.10. The van der Waals surface area contributed by atoms with Gasteiger partial charge >= 0.3 is 0 Å². The summed E-state index contributed by atoms with van der Waals surface area (Å²) in [6.45, 7) is 4.31. The molecule has 1 unspecified atom stereocenters. The largest absolute Gasteiger partial charge is 0.307 e. The van der Waals surface area contributed by atoms with E-state index in [1.54, 1.807) is 18.3 Å². The molecule has 0 radical (unpaired) electrons. The number of halogens is 1. The van der Waals surface area contributed by atoms with Crippen LogP contribution in [0.3, 0.4) is 0 Å². The summed E-state index contributed by atoms with van der Waals surface area (Å²) < 4.78 is 15.1. The first kappa shape index (κ1) is 14.2. The molecule has 5 heteroatoms. The van der Waals surface area contributed by atoms with E-state index in [9.17, 15) is 4.39 Å². The number of nitriles is 1. The molecule has 0 aliphatic rings. The Bertz CT molecular complexity index is 859. The van der Waals surface area contributed by atoms with Crippen LogP contribution in [0.5, 0.6) is 0 Å². The normalized spacial score (nSPS) is 12.3. The monoisotopic (exact) mass is 294 g/mol. The molecule has 4 nitrogen and oxygen atoms in total. The third-order valence-corrected chi connectivity index (χ3v) is 3.50. The number of benzene rings is 1. The Balaban J connectivity index is 2.21. The van der Waals surface area contributed by atoms with Gasteiger partial charge in [0, 0.05) is 18.3 Å². The van der Waals surface area contributed by atoms with E-state index < -0.39 is 0 Å². The molecule has 0 aliphatic heterocycles. The van der Waals surface area contributed by atoms with Gasteiger partial charge in [0.15, 0.2) is 5.65 Å². The molecule has 22 heavy (non-hydrogen) atoms. The van der Waals surface area contributed by atoms with Crippen LogP contribution in [0.15, 0.2) is 36.5 Å². The second-order valence-corrected chi connectivity index (χ2v) is 5.44. The number of hydrogen-bond donors (Lipinski definition) is 0. The summed E-state index contributed by atoms with van der Waals surface area (Å²) in [6, 6.07) is 10.4. The van der Waals surface area contributed by atoms with Crippen molar-refractivity contribution in [3.05, 3.63) is 47.9 Å². The number of fused-ring (bicyclic) bond motifs is 1. The van der Waals surface area contributed by atoms with Crippen molar-refractivity contribution >= 4 is 11.2 Å². The van der Waals surface area contributed by atoms with Gasteiger partial charge in [-0.15, -0.1) is 0 Å². The molecular weight excluding hydrogens is 279 g/mol. The predicted molar refractivity (Wildman–Crippen MR) is 82.4 cm³/mol. The van der Waals surface area contributed by atoms with Crippen molar-refractivity contribution in [1.82, 2.24) is 14.5 Å². The van der Waals surface area contributed by atoms with Gasteiger partial charge in [0.1, 0.15) is 17.2 Å². The van der Waals surface area contributed by atoms with Crippen LogP contribution in [0.1, 0.15) is 12.5 Å². The molecule has 2 aromatic heterocycles. The highest BCUT2D eigenvalue weighted by Gasteiger charge is 2.16. The van der Waals surface area contributed by atoms with Crippen LogP contribution in [0, 0.1) is 30.0 Å². The number of hydrogen-bond acceptors (Lipinski definition) is 3. The molecule has 3 aromatic rings. The highest BCUT2D eigenvalue weighted by atomic mass is 19.1. The zero-order valence-corrected chi connectivity index (χ0v) is 12.4. The Kier molecular flexibility index (Phi) is 3.60. The van der Waals surface area contributed by atoms with Crippen molar-refractivity contribution in [2.45, 2.75) is 20.4 Å². The van der Waals surface area contributed by atoms with E-state index in [2.05, 4.69) is 16.0 Å². The minimum absolute atomic E-state index is 0.167. The van der Waals surface area contributed by atoms with Gasteiger partial charge in [-0.1, -0.05) is 0 Å². The molecule has 0 N–H and O–H groups in total. The maximum absolute atomic E-state index is 13.1. The summed E-state index contributed by atoms with van der Waals surface area (Å²) in [7, 11) is 0. The number of pyridine rings is 1. The average Bonchev–Trinajstić information content (AvgIpc) is 2.85. The summed E-state index contributed by atoms with van der Waals surface area (Å²) in [5, 5.41) is 9.09. The first-order valence-corrected chi connectivity index (χ1v) is 7.07. The molecule has 1 aromatic carbocycles. The van der Waals surface area contributed by atoms with Gasteiger partial charge in [-0.25, -0.2) is 14.4 Å². The van der Waals surface area contributed by atoms with Crippen molar-refractivity contribution in [1.29, 1.82) is 5.26 Å². The van der Waals surface area contributed by atoms with Gasteiger partial charge in [0.05, 0.1) is 12.0 Å². The first-order valence-electron chi connectivity index (χ1n) is 7.07. The molecule has 3 rings (SSSR count). The van der Waals surface area contributed by atoms with Gasteiger partial charge in [-0.2, -0.15) is 5.26 Å². The second-order valence-electron chi connectivity index (χ2n) is 5.44. The fourth-order valence-electron chi connectivity index (χ4n) is 2.42. The van der Waals surface area contributed by atoms with Crippen molar-refractivity contribution < 1.29 is 4.39 Å². The van der Waals surface area contributed by atoms with Crippen LogP contribution >= 0.6 is 0 Å². The third kappa shape index (κ3) is 2.56. The number of aryl methyl sites for hydroxylation is 1. The zero-order valence-electron chi connectivity index (χ0n) is 12.4. The molecule has 0 fully saturated rings. The molecule has 0 saturated carbocycles. The van der Waals surface area contributed by atoms with E-state index in [0.717, 1.165) is 22.3 Å². The predicted octanol–water partition coefficient (Wildman–Crippen LogP) is 3.71. The maximum Gasteiger partial charge on any atom is 0.160 e. The fourth-order valence-corrected chi connectivity index (χ4v) is 2.42. The standard InChI is InChI=1S/C17H15FN4/c1-11-7-15-17(20-9-11)22(10-12(2)8-19)16(21-15)13-3-5-14(18)6-4-13/h3-7,9,12H,10H2,1-2H3. The fraction of sp³-hybridized carbons (Fsp3) is 0.235. The minimum atomic E-state index is -0.286. The molecule has 1 atom stereocenters. The highest BCUT2D eigenvalue weighted by molar-refractivity contribution is 5.77. The van der Waals surface area contributed by atoms with Crippen molar-refractivity contribution in [3.8, 4) is 17.5 Å². The lowest BCUT2D eigenvalue weighted by atomic mass is 10.2. The van der Waals surface area contributed by atoms with Gasteiger partial charge in [0.25, 0.3) is 0 Å². The van der Waals surface area contributed by atoms with Crippen LogP contribution in [-0.4, -0.2) is 14.5 Å². The number of aromatic nitrogens is 3. The lowest BCUT2D eigenvalue weighted by molar-refractivity contribution is 0.594. The third-order valence-electron chi connectivity index (χ3n) is 3.50. The molecule has 0 amide bonds. The number of imidazole rings is 1. The van der Waals surface area contributed by atoms with Crippen LogP contribution < -0.4 is 0 Å². The first-order chi connectivity index (χ1) is 10.6. The van der Waals surface area contributed by atoms with Gasteiger partial charge in [-0.3, -0.25) is 0 Å². The van der Waals surface area contributed by atoms with Crippen molar-refractivity contribution in [2.24, 2.45) is 5.92 Å². The quantitative estimate of drug-likeness (QED) is 0.740. The Morgan fingerprint density at radius 3 is 2.73 bits per heavy atom. The SMILES string of the molecule is Cc1cnc2c(c1)nc(-c1ccc(F)cc1)n2CC(C)C#N. The highest BCUT2D eigenvalue weighted by Crippen LogP contribution is 2.25. The Hall–Kier alpha value is -2.74. The van der Waals surface area contributed by atoms with Crippen LogP contribution in [0.4, 0.5) is 4.39 Å². The van der Waals surface area contributed by atoms with Crippen molar-refractivity contribution in [2.75, 3.05) is 0 Å². The summed E-state index contributed by atoms with van der Waals surface area (Å²) in [6.07, 6.45) is 1.78. The summed E-state index contributed by atoms with van der Waals surface area (Å²) >= 11 is 0. The van der Waals surface area contributed by atoms with Crippen LogP contribution in [0.2, 0.25) is 0 Å². The van der Waals surface area contributed by atoms with E-state index in [1.807, 2.05) is 24.5 Å². The summed E-state index contributed by atoms with van der Waals surface area (Å²) in [4.78, 5) is 9.08. The van der Waals surface area contributed by atoms with Gasteiger partial charge < -0.3 is 4.57 Å². The van der Waals surface area contributed by atoms with E-state index in [-0.39, 0.29) is 11.7 Å². The lowest BCUT2D eigenvalue weighted by Crippen LogP contribution is -2.08. The van der Waals surface area contributed by atoms with Gasteiger partial charge in [0.2, 0.25) is 0 Å². The Morgan fingerprint density at radius 1 is 1.32 bits per heavy atom. The smallest absolute Gasteiger partial charge is 0.160 e. The van der Waals surface area contributed by atoms with Gasteiger partial charge in [-0.05, 0) is 49.7 Å². The maximum atomic E-state index is 13.1. The molecule has 0 bridgehead atoms. The van der Waals surface area contributed by atoms with E-state index in [0.29, 0.717) is 12.4 Å². The Morgan fingerprint density at radius 2 is 2.05 bits per heavy atom. The zero-order chi connectivity index (χ0) is 15.7. The molecule has 0 saturated heterocycles. The molecule has 110 valence electrons. The molecular formula is C17H15FN4. The summed E-state index contributed by atoms with van der Waals surface area (Å²) in [5.41, 5.74) is 3.36. The second kappa shape index (κ2) is 5.57. The van der Waals surface area contributed by atoms with E-state index in [4.69, 9.17) is 5.26 Å². The van der Waals surface area contributed by atoms with E-state index in [1.165, 1.54) is 12.1 Å². The van der Waals surface area contributed by atoms with Crippen LogP contribution in [0.25, 0.3) is 22.6 Å². The number of rotatable bonds is 3. The Labute approximate surface area is 127 Å². The molecule has 2 heterocycles. The average molecular weight is 294 g/mol. The summed E-state index contributed by atoms with van der Waals surface area (Å²) in [5.74, 6) is 0.251. The van der Waals surface area contributed by atoms with E-state index >= 15 is 0 Å². The number of nitrogens with zero attached hydrogens (tertiary/aromatic N) is 4. The van der Waals surface area contributed by atoms with Crippen LogP contribution in [-0.2, 0) is 6.54 Å². The topological polar surface area (TPSA) is 54.5 Å². The molecule has 0 aliphatic carbocycles. The van der Waals surface area contributed by atoms with Crippen molar-refractivity contribution in [3.63, 3.8) is 0 Å². The molecule has 0 spiro atoms.